The summed E-state index contributed by atoms with van der Waals surface area (Å²) in [7, 11) is 0. The zero-order valence-corrected chi connectivity index (χ0v) is 70.6. The van der Waals surface area contributed by atoms with E-state index < -0.39 is 23.9 Å². The van der Waals surface area contributed by atoms with Gasteiger partial charge in [0, 0.05) is 59.9 Å². The third-order valence-corrected chi connectivity index (χ3v) is 21.2. The van der Waals surface area contributed by atoms with Gasteiger partial charge in [-0.25, -0.2) is 19.2 Å². The van der Waals surface area contributed by atoms with Gasteiger partial charge in [0.2, 0.25) is 35.5 Å². The van der Waals surface area contributed by atoms with Crippen LogP contribution in [0.2, 0.25) is 0 Å². The van der Waals surface area contributed by atoms with Gasteiger partial charge in [-0.2, -0.15) is 0 Å². The lowest BCUT2D eigenvalue weighted by Crippen LogP contribution is -2.17. The Morgan fingerprint density at radius 3 is 1.12 bits per heavy atom. The third-order valence-electron chi connectivity index (χ3n) is 19.1. The summed E-state index contributed by atoms with van der Waals surface area (Å²) in [6.45, 7) is 9.68. The van der Waals surface area contributed by atoms with Gasteiger partial charge in [-0.05, 0) is 186 Å². The van der Waals surface area contributed by atoms with Crippen molar-refractivity contribution in [3.05, 3.63) is 335 Å². The molecular weight excluding hydrogens is 1560 g/mol. The molecular formula is C99H101N5O15S2. The number of rotatable bonds is 31. The van der Waals surface area contributed by atoms with Crippen molar-refractivity contribution in [3.8, 4) is 0 Å². The summed E-state index contributed by atoms with van der Waals surface area (Å²) < 4.78 is 4.72. The first kappa shape index (κ1) is 93.6. The number of carbonyl (C=O) groups is 9. The van der Waals surface area contributed by atoms with Gasteiger partial charge in [0.05, 0.1) is 17.7 Å². The van der Waals surface area contributed by atoms with E-state index in [1.807, 2.05) is 152 Å². The van der Waals surface area contributed by atoms with E-state index in [0.717, 1.165) is 45.3 Å². The zero-order valence-electron chi connectivity index (χ0n) is 68.9. The molecule has 2 saturated carbocycles. The lowest BCUT2D eigenvalue weighted by molar-refractivity contribution is -0.148. The predicted molar refractivity (Wildman–Crippen MR) is 475 cm³/mol. The minimum absolute atomic E-state index is 0.0919. The van der Waals surface area contributed by atoms with Gasteiger partial charge in [-0.3, -0.25) is 24.0 Å². The molecule has 0 amide bonds. The van der Waals surface area contributed by atoms with Crippen LogP contribution in [0.25, 0.3) is 0 Å². The summed E-state index contributed by atoms with van der Waals surface area (Å²) >= 11 is 3.25. The van der Waals surface area contributed by atoms with Crippen molar-refractivity contribution < 1.29 is 72.4 Å². The molecule has 2 aliphatic rings. The molecule has 10 aromatic rings. The quantitative estimate of drug-likeness (QED) is 0.00803. The molecule has 12 rings (SSSR count). The fraction of sp³-hybridized carbons (Fsp3) is 0.253. The molecule has 0 unspecified atom stereocenters. The number of unbranched alkanes of at least 4 members (excludes halogenated alkanes) is 3. The van der Waals surface area contributed by atoms with E-state index in [0.29, 0.717) is 62.8 Å². The summed E-state index contributed by atoms with van der Waals surface area (Å²) in [4.78, 5) is 132. The van der Waals surface area contributed by atoms with E-state index in [2.05, 4.69) is 32.7 Å². The molecule has 0 radical (unpaired) electrons. The Hall–Kier alpha value is -12.9. The number of benzene rings is 10. The van der Waals surface area contributed by atoms with E-state index >= 15 is 0 Å². The molecule has 0 aliphatic heterocycles. The van der Waals surface area contributed by atoms with Gasteiger partial charge in [0.1, 0.15) is 22.8 Å². The van der Waals surface area contributed by atoms with Gasteiger partial charge in [-0.1, -0.05) is 296 Å². The number of esters is 1. The normalized spacial score (nSPS) is 13.0. The largest absolute Gasteiger partial charge is 0.463 e. The number of hydrogen-bond acceptors (Lipinski definition) is 22. The van der Waals surface area contributed by atoms with Crippen LogP contribution in [-0.2, 0) is 33.7 Å². The van der Waals surface area contributed by atoms with Crippen molar-refractivity contribution in [1.82, 2.24) is 0 Å². The van der Waals surface area contributed by atoms with Gasteiger partial charge < -0.3 is 29.3 Å². The number of ether oxygens (including phenoxy) is 1. The average Bonchev–Trinajstić information content (AvgIpc) is 0.841. The van der Waals surface area contributed by atoms with Gasteiger partial charge in [0.25, 0.3) is 0 Å². The first-order chi connectivity index (χ1) is 58.8. The lowest BCUT2D eigenvalue weighted by Gasteiger charge is -2.22. The third kappa shape index (κ3) is 32.4. The van der Waals surface area contributed by atoms with Crippen LogP contribution in [-0.4, -0.2) is 99.8 Å². The second-order valence-corrected chi connectivity index (χ2v) is 30.4. The highest BCUT2D eigenvalue weighted by Crippen LogP contribution is 2.35. The Morgan fingerprint density at radius 1 is 0.347 bits per heavy atom. The maximum Gasteiger partial charge on any atom is 0.365 e. The fourth-order valence-electron chi connectivity index (χ4n) is 12.6. The Morgan fingerprint density at radius 2 is 0.702 bits per heavy atom. The molecule has 624 valence electrons. The maximum absolute atomic E-state index is 13.1. The predicted octanol–water partition coefficient (Wildman–Crippen LogP) is 22.9. The van der Waals surface area contributed by atoms with Crippen LogP contribution in [0, 0.1) is 0 Å². The fourth-order valence-corrected chi connectivity index (χ4v) is 14.3. The first-order valence-corrected chi connectivity index (χ1v) is 42.1. The smallest absolute Gasteiger partial charge is 0.365 e. The lowest BCUT2D eigenvalue weighted by atomic mass is 9.84. The summed E-state index contributed by atoms with van der Waals surface area (Å²) in [5.41, 5.74) is 7.51. The molecule has 1 N–H and O–H groups in total. The second kappa shape index (κ2) is 52.1. The highest BCUT2D eigenvalue weighted by molar-refractivity contribution is 7.99. The molecule has 0 atom stereocenters. The van der Waals surface area contributed by atoms with Gasteiger partial charge >= 0.3 is 23.9 Å². The summed E-state index contributed by atoms with van der Waals surface area (Å²) in [5.74, 6) is -2.18. The first-order valence-electron chi connectivity index (χ1n) is 40.4. The zero-order chi connectivity index (χ0) is 86.4. The molecule has 121 heavy (non-hydrogen) atoms. The van der Waals surface area contributed by atoms with Crippen molar-refractivity contribution in [2.45, 2.75) is 169 Å². The van der Waals surface area contributed by atoms with Crippen LogP contribution in [0.4, 0.5) is 0 Å². The van der Waals surface area contributed by atoms with Gasteiger partial charge in [-0.15, -0.1) is 0 Å². The maximum atomic E-state index is 13.1. The number of hydrogen-bond donors (Lipinski definition) is 1. The van der Waals surface area contributed by atoms with E-state index in [4.69, 9.17) is 29.3 Å². The minimum atomic E-state index is -0.592. The second-order valence-electron chi connectivity index (χ2n) is 28.1. The molecule has 0 heterocycles. The molecule has 2 fully saturated rings. The van der Waals surface area contributed by atoms with Crippen molar-refractivity contribution in [2.75, 3.05) is 13.2 Å². The molecule has 22 heteroatoms. The molecule has 20 nitrogen and oxygen atoms in total. The molecule has 0 saturated heterocycles. The Kier molecular flexibility index (Phi) is 40.3. The summed E-state index contributed by atoms with van der Waals surface area (Å²) in [6.07, 6.45) is 17.3. The molecule has 2 aliphatic carbocycles. The van der Waals surface area contributed by atoms with Crippen molar-refractivity contribution >= 4 is 105 Å². The monoisotopic (exact) mass is 1660 g/mol. The number of oxime groups is 5. The van der Waals surface area contributed by atoms with Crippen LogP contribution < -0.4 is 0 Å². The Labute approximate surface area is 715 Å². The van der Waals surface area contributed by atoms with E-state index in [-0.39, 0.29) is 70.7 Å². The van der Waals surface area contributed by atoms with E-state index in [9.17, 15) is 43.2 Å². The minimum Gasteiger partial charge on any atom is -0.463 e. The van der Waals surface area contributed by atoms with Crippen molar-refractivity contribution in [3.63, 3.8) is 0 Å². The van der Waals surface area contributed by atoms with Crippen molar-refractivity contribution in [2.24, 2.45) is 25.8 Å². The average molecular weight is 1670 g/mol. The summed E-state index contributed by atoms with van der Waals surface area (Å²) in [5, 5.41) is 26.6. The molecule has 10 aromatic carbocycles. The highest BCUT2D eigenvalue weighted by atomic mass is 32.2. The Balaban J connectivity index is 0.000000191. The van der Waals surface area contributed by atoms with E-state index in [1.165, 1.54) is 96.1 Å². The van der Waals surface area contributed by atoms with Crippen LogP contribution >= 0.6 is 23.5 Å². The topological polar surface area (TPSA) is 282 Å². The summed E-state index contributed by atoms with van der Waals surface area (Å²) in [6, 6.07) is 85.1. The van der Waals surface area contributed by atoms with Gasteiger partial charge in [0.15, 0.2) is 5.71 Å². The molecule has 0 spiro atoms. The van der Waals surface area contributed by atoms with Crippen LogP contribution in [0.5, 0.6) is 0 Å². The number of ketones is 5. The highest BCUT2D eigenvalue weighted by Gasteiger charge is 2.23. The standard InChI is InChI=1S/C27H27NO3S.C22H17NO3S.C19H25NO4.C16H13NO3.C15H19NO2/c1-2-3-4-11-16-25(28-31-27(30)22-12-7-5-8-13-22)26(29)21-17-19-24(20-18-21)32-23-14-9-6-10-15-23;1-16(24)26-23-21(17-8-4-2-5-9-17)22(25)18-12-14-20(15-13-18)27-19-10-6-3-7-11-19;1-3-23-18(21)13-24-20-14(2)19(22)17-11-9-16(10-12-17)15-7-5-4-6-8-15;1-12(15(18)13-8-4-2-5-9-13)17-20-16(19)14-10-6-3-7-11-14;1-11(16-18)15(17)14-9-7-13(8-10-14)12-5-3-2-4-6-12/h5-10,12-15,17-20H,2-4,11,16H2,1H3;2-15H,1H3;9-12,15H,3-8,13H2,1-2H3;2-11H,1H3;7-10,12,18H,2-6H2,1H3/b28-25-;23-21-;20-14+;17-12-;. The number of carbonyl (C=O) groups excluding carboxylic acids is 9. The van der Waals surface area contributed by atoms with Crippen molar-refractivity contribution in [1.29, 1.82) is 0 Å². The Bertz CT molecular complexity index is 5120. The number of Topliss-reactive ketones (excluding diaryl/α,β-unsaturated/α-hetero) is 5. The molecule has 0 bridgehead atoms. The molecule has 0 aromatic heterocycles. The number of nitrogens with zero attached hydrogens (tertiary/aromatic N) is 5. The van der Waals surface area contributed by atoms with E-state index in [1.54, 1.807) is 165 Å². The SMILES string of the molecule is C/C(=N/OC(=O)c1ccccc1)C(=O)c1ccccc1.CC(=NO)C(=O)c1ccc(C2CCCCC2)cc1.CC(=O)O/N=C(\C(=O)c1ccc(Sc2ccccc2)cc1)c1ccccc1.CCCCCC/C(=N/OC(=O)c1ccccc1)C(=O)c1ccc(Sc2ccccc2)cc1.CCOC(=O)CO/N=C(\C)C(=O)c1ccc(C2CCCCC2)cc1. The van der Waals surface area contributed by atoms with Crippen LogP contribution in [0.3, 0.4) is 0 Å². The van der Waals surface area contributed by atoms with Crippen LogP contribution in [0.1, 0.15) is 239 Å². The van der Waals surface area contributed by atoms with Crippen LogP contribution in [0.15, 0.2) is 324 Å².